The van der Waals surface area contributed by atoms with E-state index in [0.29, 0.717) is 0 Å². The molecule has 3 rings (SSSR count). The molecule has 1 N–H and O–H groups in total. The number of hydrogen-bond acceptors (Lipinski definition) is 2. The highest BCUT2D eigenvalue weighted by molar-refractivity contribution is 7.71. The molecular formula is C12H15N3S. The van der Waals surface area contributed by atoms with Crippen molar-refractivity contribution in [1.29, 1.82) is 0 Å². The van der Waals surface area contributed by atoms with Crippen LogP contribution >= 0.6 is 12.2 Å². The van der Waals surface area contributed by atoms with Gasteiger partial charge >= 0.3 is 0 Å². The summed E-state index contributed by atoms with van der Waals surface area (Å²) >= 11 is 5.41. The highest BCUT2D eigenvalue weighted by Crippen LogP contribution is 2.40. The highest BCUT2D eigenvalue weighted by atomic mass is 32.1. The Kier molecular flexibility index (Phi) is 1.98. The van der Waals surface area contributed by atoms with Crippen LogP contribution in [0.1, 0.15) is 31.7 Å². The molecule has 2 aromatic heterocycles. The van der Waals surface area contributed by atoms with Gasteiger partial charge in [0.25, 0.3) is 0 Å². The monoisotopic (exact) mass is 233 g/mol. The minimum absolute atomic E-state index is 0.178. The highest BCUT2D eigenvalue weighted by Gasteiger charge is 2.35. The Bertz CT molecular complexity index is 604. The summed E-state index contributed by atoms with van der Waals surface area (Å²) < 4.78 is 3.00. The van der Waals surface area contributed by atoms with Gasteiger partial charge < -0.3 is 4.98 Å². The summed E-state index contributed by atoms with van der Waals surface area (Å²) in [4.78, 5) is 7.77. The average molecular weight is 233 g/mol. The molecule has 1 aliphatic carbocycles. The van der Waals surface area contributed by atoms with Crippen LogP contribution in [-0.4, -0.2) is 14.5 Å². The first-order valence-electron chi connectivity index (χ1n) is 5.68. The van der Waals surface area contributed by atoms with Crippen molar-refractivity contribution < 1.29 is 0 Å². The summed E-state index contributed by atoms with van der Waals surface area (Å²) in [5.41, 5.74) is 3.39. The van der Waals surface area contributed by atoms with Gasteiger partial charge in [-0.2, -0.15) is 0 Å². The third-order valence-electron chi connectivity index (χ3n) is 3.63. The predicted octanol–water partition coefficient (Wildman–Crippen LogP) is 3.30. The molecule has 0 saturated heterocycles. The Morgan fingerprint density at radius 3 is 2.88 bits per heavy atom. The van der Waals surface area contributed by atoms with Crippen LogP contribution in [0.2, 0.25) is 0 Å². The number of hydrogen-bond donors (Lipinski definition) is 1. The minimum Gasteiger partial charge on any atom is -0.329 e. The molecular weight excluding hydrogens is 218 g/mol. The Morgan fingerprint density at radius 2 is 2.25 bits per heavy atom. The molecule has 1 aliphatic rings. The van der Waals surface area contributed by atoms with Gasteiger partial charge in [0.15, 0.2) is 10.4 Å². The van der Waals surface area contributed by atoms with Gasteiger partial charge in [-0.25, -0.2) is 4.98 Å². The van der Waals surface area contributed by atoms with E-state index in [1.54, 1.807) is 0 Å². The van der Waals surface area contributed by atoms with E-state index in [2.05, 4.69) is 27.5 Å². The fourth-order valence-electron chi connectivity index (χ4n) is 2.51. The number of aromatic nitrogens is 3. The lowest BCUT2D eigenvalue weighted by Crippen LogP contribution is -2.37. The van der Waals surface area contributed by atoms with Crippen LogP contribution in [0.15, 0.2) is 12.3 Å². The van der Waals surface area contributed by atoms with E-state index in [1.165, 1.54) is 19.3 Å². The molecule has 16 heavy (non-hydrogen) atoms. The zero-order valence-electron chi connectivity index (χ0n) is 9.58. The van der Waals surface area contributed by atoms with E-state index in [0.717, 1.165) is 21.5 Å². The maximum absolute atomic E-state index is 5.41. The van der Waals surface area contributed by atoms with Crippen molar-refractivity contribution in [2.75, 3.05) is 0 Å². The first-order chi connectivity index (χ1) is 7.60. The van der Waals surface area contributed by atoms with Gasteiger partial charge in [0, 0.05) is 11.7 Å². The summed E-state index contributed by atoms with van der Waals surface area (Å²) in [6, 6.07) is 2.11. The quantitative estimate of drug-likeness (QED) is 0.767. The van der Waals surface area contributed by atoms with E-state index in [9.17, 15) is 0 Å². The number of pyridine rings is 1. The van der Waals surface area contributed by atoms with Gasteiger partial charge in [0.1, 0.15) is 0 Å². The van der Waals surface area contributed by atoms with Gasteiger partial charge in [-0.1, -0.05) is 0 Å². The first-order valence-corrected chi connectivity index (χ1v) is 6.09. The van der Waals surface area contributed by atoms with Crippen molar-refractivity contribution in [3.05, 3.63) is 22.6 Å². The number of nitrogens with one attached hydrogen (secondary N) is 1. The van der Waals surface area contributed by atoms with Crippen molar-refractivity contribution in [2.24, 2.45) is 0 Å². The Balaban J connectivity index is 2.32. The number of rotatable bonds is 1. The van der Waals surface area contributed by atoms with Gasteiger partial charge in [0.05, 0.1) is 5.52 Å². The van der Waals surface area contributed by atoms with Crippen LogP contribution in [0.25, 0.3) is 11.2 Å². The second-order valence-corrected chi connectivity index (χ2v) is 5.39. The summed E-state index contributed by atoms with van der Waals surface area (Å²) in [5, 5.41) is 0. The van der Waals surface area contributed by atoms with E-state index in [4.69, 9.17) is 12.2 Å². The van der Waals surface area contributed by atoms with Gasteiger partial charge in [-0.3, -0.25) is 4.57 Å². The molecule has 0 amide bonds. The predicted molar refractivity (Wildman–Crippen MR) is 67.2 cm³/mol. The Morgan fingerprint density at radius 1 is 1.50 bits per heavy atom. The number of aromatic amines is 1. The van der Waals surface area contributed by atoms with E-state index < -0.39 is 0 Å². The smallest absolute Gasteiger partial charge is 0.179 e. The Hall–Kier alpha value is -1.16. The third kappa shape index (κ3) is 1.26. The number of nitrogens with zero attached hydrogens (tertiary/aromatic N) is 2. The maximum Gasteiger partial charge on any atom is 0.179 e. The van der Waals surface area contributed by atoms with Crippen molar-refractivity contribution in [3.63, 3.8) is 0 Å². The van der Waals surface area contributed by atoms with Crippen molar-refractivity contribution in [1.82, 2.24) is 14.5 Å². The summed E-state index contributed by atoms with van der Waals surface area (Å²) in [7, 11) is 0. The second-order valence-electron chi connectivity index (χ2n) is 5.00. The summed E-state index contributed by atoms with van der Waals surface area (Å²) in [6.07, 6.45) is 5.59. The lowest BCUT2D eigenvalue weighted by atomic mass is 9.78. The second kappa shape index (κ2) is 3.17. The van der Waals surface area contributed by atoms with Crippen LogP contribution < -0.4 is 0 Å². The fraction of sp³-hybridized carbons (Fsp3) is 0.500. The molecule has 0 aromatic carbocycles. The molecule has 2 aromatic rings. The Labute approximate surface area is 99.5 Å². The average Bonchev–Trinajstić information content (AvgIpc) is 2.50. The van der Waals surface area contributed by atoms with Crippen molar-refractivity contribution >= 4 is 23.4 Å². The molecule has 0 bridgehead atoms. The molecule has 84 valence electrons. The summed E-state index contributed by atoms with van der Waals surface area (Å²) in [5.74, 6) is 0. The molecule has 4 heteroatoms. The van der Waals surface area contributed by atoms with Crippen LogP contribution in [0, 0.1) is 11.7 Å². The molecule has 0 radical (unpaired) electrons. The zero-order chi connectivity index (χ0) is 11.3. The van der Waals surface area contributed by atoms with Crippen LogP contribution in [0.5, 0.6) is 0 Å². The number of aryl methyl sites for hydroxylation is 1. The molecule has 1 fully saturated rings. The number of H-pyrrole nitrogens is 1. The number of imidazole rings is 1. The molecule has 2 heterocycles. The van der Waals surface area contributed by atoms with Gasteiger partial charge in [-0.05, 0) is 57.0 Å². The largest absolute Gasteiger partial charge is 0.329 e. The van der Waals surface area contributed by atoms with Crippen molar-refractivity contribution in [3.8, 4) is 0 Å². The van der Waals surface area contributed by atoms with Crippen LogP contribution in [-0.2, 0) is 5.54 Å². The zero-order valence-corrected chi connectivity index (χ0v) is 10.4. The summed E-state index contributed by atoms with van der Waals surface area (Å²) in [6.45, 7) is 4.31. The fourth-order valence-corrected chi connectivity index (χ4v) is 2.93. The minimum atomic E-state index is 0.178. The molecule has 0 unspecified atom stereocenters. The topological polar surface area (TPSA) is 33.6 Å². The van der Waals surface area contributed by atoms with E-state index >= 15 is 0 Å². The molecule has 3 nitrogen and oxygen atoms in total. The lowest BCUT2D eigenvalue weighted by Gasteiger charge is -2.39. The third-order valence-corrected chi connectivity index (χ3v) is 3.92. The van der Waals surface area contributed by atoms with Crippen LogP contribution in [0.3, 0.4) is 0 Å². The maximum atomic E-state index is 5.41. The molecule has 0 aliphatic heterocycles. The number of fused-ring (bicyclic) bond motifs is 1. The lowest BCUT2D eigenvalue weighted by molar-refractivity contribution is 0.171. The standard InChI is InChI=1S/C12H15N3S/c1-8-6-9-10(13-7-8)15(11(16)14-9)12(2)4-3-5-12/h6-7H,3-5H2,1-2H3,(H,14,16). The van der Waals surface area contributed by atoms with Crippen molar-refractivity contribution in [2.45, 2.75) is 38.6 Å². The van der Waals surface area contributed by atoms with E-state index in [1.807, 2.05) is 13.1 Å². The molecule has 0 atom stereocenters. The van der Waals surface area contributed by atoms with Gasteiger partial charge in [0.2, 0.25) is 0 Å². The molecule has 1 saturated carbocycles. The first kappa shape index (κ1) is 10.0. The normalized spacial score (nSPS) is 18.6. The van der Waals surface area contributed by atoms with E-state index in [-0.39, 0.29) is 5.54 Å². The van der Waals surface area contributed by atoms with Gasteiger partial charge in [-0.15, -0.1) is 0 Å². The molecule has 0 spiro atoms. The SMILES string of the molecule is Cc1cnc2c(c1)[nH]c(=S)n2C1(C)CCC1. The van der Waals surface area contributed by atoms with Crippen LogP contribution in [0.4, 0.5) is 0 Å².